The van der Waals surface area contributed by atoms with Gasteiger partial charge in [-0.3, -0.25) is 4.57 Å². The van der Waals surface area contributed by atoms with Gasteiger partial charge in [-0.2, -0.15) is 0 Å². The summed E-state index contributed by atoms with van der Waals surface area (Å²) >= 11 is 3.56. The van der Waals surface area contributed by atoms with Gasteiger partial charge in [0.25, 0.3) is 0 Å². The minimum atomic E-state index is 0.506. The molecule has 3 aromatic rings. The van der Waals surface area contributed by atoms with E-state index in [2.05, 4.69) is 25.9 Å². The Morgan fingerprint density at radius 2 is 1.89 bits per heavy atom. The summed E-state index contributed by atoms with van der Waals surface area (Å²) in [4.78, 5) is 8.33. The van der Waals surface area contributed by atoms with Crippen LogP contribution in [0.2, 0.25) is 0 Å². The smallest absolute Gasteiger partial charge is 0.123 e. The Hall–Kier alpha value is -2.14. The van der Waals surface area contributed by atoms with E-state index in [0.29, 0.717) is 5.82 Å². The van der Waals surface area contributed by atoms with Gasteiger partial charge < -0.3 is 5.73 Å². The molecule has 1 aromatic carbocycles. The van der Waals surface area contributed by atoms with Crippen LogP contribution in [-0.4, -0.2) is 14.5 Å². The number of aromatic nitrogens is 3. The van der Waals surface area contributed by atoms with Crippen LogP contribution in [0.5, 0.6) is 0 Å². The molecule has 5 heteroatoms. The third kappa shape index (κ3) is 2.24. The summed E-state index contributed by atoms with van der Waals surface area (Å²) in [6.45, 7) is 0. The maximum absolute atomic E-state index is 5.61. The van der Waals surface area contributed by atoms with Crippen molar-refractivity contribution in [3.05, 3.63) is 59.6 Å². The van der Waals surface area contributed by atoms with Gasteiger partial charge >= 0.3 is 0 Å². The first-order chi connectivity index (χ1) is 9.25. The molecule has 0 fully saturated rings. The van der Waals surface area contributed by atoms with Crippen LogP contribution in [0.15, 0.2) is 59.6 Å². The van der Waals surface area contributed by atoms with Gasteiger partial charge in [-0.15, -0.1) is 0 Å². The van der Waals surface area contributed by atoms with Crippen LogP contribution in [-0.2, 0) is 0 Å². The zero-order valence-corrected chi connectivity index (χ0v) is 11.6. The number of anilines is 1. The van der Waals surface area contributed by atoms with E-state index in [0.717, 1.165) is 21.4 Å². The molecule has 0 aliphatic heterocycles. The Bertz CT molecular complexity index is 703. The van der Waals surface area contributed by atoms with Crippen LogP contribution < -0.4 is 5.73 Å². The van der Waals surface area contributed by atoms with Crippen molar-refractivity contribution in [2.24, 2.45) is 0 Å². The third-order valence-corrected chi connectivity index (χ3v) is 3.53. The number of halogens is 1. The lowest BCUT2D eigenvalue weighted by atomic mass is 10.1. The lowest BCUT2D eigenvalue weighted by Gasteiger charge is -2.09. The summed E-state index contributed by atoms with van der Waals surface area (Å²) in [6.07, 6.45) is 5.33. The molecule has 0 atom stereocenters. The lowest BCUT2D eigenvalue weighted by molar-refractivity contribution is 1.05. The molecule has 0 bridgehead atoms. The zero-order valence-electron chi connectivity index (χ0n) is 9.99. The van der Waals surface area contributed by atoms with E-state index < -0.39 is 0 Å². The molecule has 0 spiro atoms. The van der Waals surface area contributed by atoms with Gasteiger partial charge in [-0.1, -0.05) is 34.1 Å². The highest BCUT2D eigenvalue weighted by Gasteiger charge is 2.09. The molecule has 2 aromatic heterocycles. The molecule has 3 rings (SSSR count). The van der Waals surface area contributed by atoms with E-state index in [1.165, 1.54) is 0 Å². The summed E-state index contributed by atoms with van der Waals surface area (Å²) in [5, 5.41) is 0. The van der Waals surface area contributed by atoms with Gasteiger partial charge in [0.15, 0.2) is 0 Å². The van der Waals surface area contributed by atoms with Crippen molar-refractivity contribution in [2.75, 3.05) is 5.73 Å². The molecule has 4 nitrogen and oxygen atoms in total. The summed E-state index contributed by atoms with van der Waals surface area (Å²) in [5.41, 5.74) is 8.62. The number of nitrogen functional groups attached to an aromatic ring is 1. The second-order valence-corrected chi connectivity index (χ2v) is 4.92. The standard InChI is InChI=1S/C14H11BrN4/c15-12-4-2-1-3-11(12)13-8-17-9-19(13)10-5-6-14(16)18-7-10/h1-9H,(H2,16,18). The summed E-state index contributed by atoms with van der Waals surface area (Å²) in [7, 11) is 0. The fourth-order valence-corrected chi connectivity index (χ4v) is 2.40. The summed E-state index contributed by atoms with van der Waals surface area (Å²) in [6, 6.07) is 11.7. The van der Waals surface area contributed by atoms with Gasteiger partial charge in [0.2, 0.25) is 0 Å². The molecule has 0 unspecified atom stereocenters. The molecule has 0 amide bonds. The normalized spacial score (nSPS) is 10.6. The van der Waals surface area contributed by atoms with Crippen LogP contribution >= 0.6 is 15.9 Å². The fourth-order valence-electron chi connectivity index (χ4n) is 1.91. The Labute approximate surface area is 119 Å². The van der Waals surface area contributed by atoms with Crippen molar-refractivity contribution in [2.45, 2.75) is 0 Å². The van der Waals surface area contributed by atoms with Crippen molar-refractivity contribution in [3.63, 3.8) is 0 Å². The first kappa shape index (κ1) is 11.9. The first-order valence-corrected chi connectivity index (χ1v) is 6.54. The molecule has 0 aliphatic rings. The Balaban J connectivity index is 2.13. The molecule has 0 aliphatic carbocycles. The SMILES string of the molecule is Nc1ccc(-n2cncc2-c2ccccc2Br)cn1. The van der Waals surface area contributed by atoms with Gasteiger partial charge in [0, 0.05) is 10.0 Å². The average molecular weight is 315 g/mol. The number of hydrogen-bond acceptors (Lipinski definition) is 3. The van der Waals surface area contributed by atoms with E-state index in [1.54, 1.807) is 18.6 Å². The zero-order chi connectivity index (χ0) is 13.2. The highest BCUT2D eigenvalue weighted by atomic mass is 79.9. The number of nitrogens with zero attached hydrogens (tertiary/aromatic N) is 3. The van der Waals surface area contributed by atoms with Crippen molar-refractivity contribution in [3.8, 4) is 16.9 Å². The van der Waals surface area contributed by atoms with Crippen molar-refractivity contribution < 1.29 is 0 Å². The third-order valence-electron chi connectivity index (χ3n) is 2.84. The van der Waals surface area contributed by atoms with Crippen LogP contribution in [0, 0.1) is 0 Å². The Morgan fingerprint density at radius 3 is 2.63 bits per heavy atom. The van der Waals surface area contributed by atoms with Crippen LogP contribution in [0.3, 0.4) is 0 Å². The molecular formula is C14H11BrN4. The molecule has 0 radical (unpaired) electrons. The second-order valence-electron chi connectivity index (χ2n) is 4.07. The number of imidazole rings is 1. The molecule has 94 valence electrons. The molecule has 0 saturated heterocycles. The molecule has 19 heavy (non-hydrogen) atoms. The minimum Gasteiger partial charge on any atom is -0.384 e. The monoisotopic (exact) mass is 314 g/mol. The minimum absolute atomic E-state index is 0.506. The Kier molecular flexibility index (Phi) is 3.05. The predicted molar refractivity (Wildman–Crippen MR) is 78.9 cm³/mol. The van der Waals surface area contributed by atoms with Crippen molar-refractivity contribution in [1.82, 2.24) is 14.5 Å². The number of rotatable bonds is 2. The van der Waals surface area contributed by atoms with Crippen LogP contribution in [0.1, 0.15) is 0 Å². The van der Waals surface area contributed by atoms with E-state index in [-0.39, 0.29) is 0 Å². The number of pyridine rings is 1. The van der Waals surface area contributed by atoms with Gasteiger partial charge in [-0.25, -0.2) is 9.97 Å². The van der Waals surface area contributed by atoms with Crippen molar-refractivity contribution in [1.29, 1.82) is 0 Å². The number of benzene rings is 1. The van der Waals surface area contributed by atoms with Crippen LogP contribution in [0.25, 0.3) is 16.9 Å². The van der Waals surface area contributed by atoms with Gasteiger partial charge in [0.1, 0.15) is 5.82 Å². The summed E-state index contributed by atoms with van der Waals surface area (Å²) in [5.74, 6) is 0.506. The second kappa shape index (κ2) is 4.85. The lowest BCUT2D eigenvalue weighted by Crippen LogP contribution is -1.98. The van der Waals surface area contributed by atoms with E-state index in [4.69, 9.17) is 5.73 Å². The Morgan fingerprint density at radius 1 is 1.05 bits per heavy atom. The van der Waals surface area contributed by atoms with Crippen molar-refractivity contribution >= 4 is 21.7 Å². The van der Waals surface area contributed by atoms with E-state index >= 15 is 0 Å². The molecule has 0 saturated carbocycles. The van der Waals surface area contributed by atoms with E-state index in [9.17, 15) is 0 Å². The highest BCUT2D eigenvalue weighted by Crippen LogP contribution is 2.29. The quantitative estimate of drug-likeness (QED) is 0.789. The fraction of sp³-hybridized carbons (Fsp3) is 0. The largest absolute Gasteiger partial charge is 0.384 e. The highest BCUT2D eigenvalue weighted by molar-refractivity contribution is 9.10. The van der Waals surface area contributed by atoms with Gasteiger partial charge in [-0.05, 0) is 18.2 Å². The number of nitrogens with two attached hydrogens (primary N) is 1. The van der Waals surface area contributed by atoms with E-state index in [1.807, 2.05) is 41.1 Å². The first-order valence-electron chi connectivity index (χ1n) is 5.75. The van der Waals surface area contributed by atoms with Crippen LogP contribution in [0.4, 0.5) is 5.82 Å². The van der Waals surface area contributed by atoms with Gasteiger partial charge in [0.05, 0.1) is 30.1 Å². The predicted octanol–water partition coefficient (Wildman–Crippen LogP) is 3.28. The maximum Gasteiger partial charge on any atom is 0.123 e. The average Bonchev–Trinajstić information content (AvgIpc) is 2.89. The topological polar surface area (TPSA) is 56.7 Å². The number of hydrogen-bond donors (Lipinski definition) is 1. The molecule has 2 N–H and O–H groups in total. The maximum atomic E-state index is 5.61. The summed E-state index contributed by atoms with van der Waals surface area (Å²) < 4.78 is 3.01. The molecular weight excluding hydrogens is 304 g/mol. The molecule has 2 heterocycles.